The first-order chi connectivity index (χ1) is 8.95. The Morgan fingerprint density at radius 3 is 2.47 bits per heavy atom. The smallest absolute Gasteiger partial charge is 0.326 e. The van der Waals surface area contributed by atoms with Gasteiger partial charge < -0.3 is 16.2 Å². The molecule has 5 nitrogen and oxygen atoms in total. The summed E-state index contributed by atoms with van der Waals surface area (Å²) in [5, 5.41) is 11.8. The lowest BCUT2D eigenvalue weighted by atomic mass is 9.78. The third kappa shape index (κ3) is 4.82. The van der Waals surface area contributed by atoms with Crippen LogP contribution < -0.4 is 11.1 Å². The van der Waals surface area contributed by atoms with E-state index in [1.165, 1.54) is 0 Å². The zero-order valence-corrected chi connectivity index (χ0v) is 11.9. The number of aliphatic carboxylic acids is 1. The maximum Gasteiger partial charge on any atom is 0.326 e. The van der Waals surface area contributed by atoms with Crippen LogP contribution in [0, 0.1) is 17.8 Å². The first kappa shape index (κ1) is 16.0. The number of carboxylic acids is 1. The minimum Gasteiger partial charge on any atom is -0.480 e. The average Bonchev–Trinajstić information content (AvgIpc) is 2.37. The molecule has 1 fully saturated rings. The van der Waals surface area contributed by atoms with E-state index in [2.05, 4.69) is 5.32 Å². The van der Waals surface area contributed by atoms with Gasteiger partial charge in [0.15, 0.2) is 0 Å². The molecule has 0 spiro atoms. The van der Waals surface area contributed by atoms with E-state index >= 15 is 0 Å². The van der Waals surface area contributed by atoms with Crippen LogP contribution >= 0.6 is 0 Å². The molecule has 5 heteroatoms. The Morgan fingerprint density at radius 2 is 1.95 bits per heavy atom. The van der Waals surface area contributed by atoms with Gasteiger partial charge in [0.25, 0.3) is 0 Å². The molecule has 0 aromatic rings. The molecule has 0 aliphatic heterocycles. The van der Waals surface area contributed by atoms with Crippen molar-refractivity contribution >= 4 is 11.9 Å². The van der Waals surface area contributed by atoms with E-state index in [0.717, 1.165) is 25.7 Å². The van der Waals surface area contributed by atoms with Crippen molar-refractivity contribution in [1.82, 2.24) is 5.32 Å². The lowest BCUT2D eigenvalue weighted by molar-refractivity contribution is -0.143. The van der Waals surface area contributed by atoms with E-state index in [1.54, 1.807) is 0 Å². The van der Waals surface area contributed by atoms with Gasteiger partial charge in [-0.1, -0.05) is 26.7 Å². The molecule has 1 rings (SSSR count). The Morgan fingerprint density at radius 1 is 1.32 bits per heavy atom. The topological polar surface area (TPSA) is 92.4 Å². The fourth-order valence-electron chi connectivity index (χ4n) is 2.81. The van der Waals surface area contributed by atoms with Crippen LogP contribution in [0.4, 0.5) is 0 Å². The largest absolute Gasteiger partial charge is 0.480 e. The molecular formula is C14H26N2O3. The second-order valence-electron chi connectivity index (χ2n) is 5.92. The third-order valence-electron chi connectivity index (χ3n) is 3.87. The van der Waals surface area contributed by atoms with E-state index in [4.69, 9.17) is 10.8 Å². The number of carbonyl (C=O) groups is 2. The molecule has 1 saturated carbocycles. The van der Waals surface area contributed by atoms with Gasteiger partial charge in [0.05, 0.1) is 0 Å². The standard InChI is InChI=1S/C14H26N2O3/c1-9(2)7-12(14(18)19)16-13(17)11-6-4-3-5-10(11)8-15/h9-12H,3-8,15H2,1-2H3,(H,16,17)(H,18,19)/t10?,11?,12-/m0/s1. The van der Waals surface area contributed by atoms with Crippen molar-refractivity contribution in [3.63, 3.8) is 0 Å². The summed E-state index contributed by atoms with van der Waals surface area (Å²) in [7, 11) is 0. The molecule has 4 N–H and O–H groups in total. The number of carboxylic acid groups (broad SMARTS) is 1. The van der Waals surface area contributed by atoms with E-state index in [-0.39, 0.29) is 23.7 Å². The molecule has 0 bridgehead atoms. The second kappa shape index (κ2) is 7.48. The van der Waals surface area contributed by atoms with Crippen molar-refractivity contribution in [3.05, 3.63) is 0 Å². The van der Waals surface area contributed by atoms with Crippen LogP contribution in [0.1, 0.15) is 46.0 Å². The predicted molar refractivity (Wildman–Crippen MR) is 73.5 cm³/mol. The van der Waals surface area contributed by atoms with Gasteiger partial charge in [-0.2, -0.15) is 0 Å². The monoisotopic (exact) mass is 270 g/mol. The molecule has 0 heterocycles. The highest BCUT2D eigenvalue weighted by Crippen LogP contribution is 2.29. The molecule has 1 amide bonds. The number of hydrogen-bond acceptors (Lipinski definition) is 3. The Balaban J connectivity index is 2.62. The number of nitrogens with one attached hydrogen (secondary N) is 1. The summed E-state index contributed by atoms with van der Waals surface area (Å²) in [6, 6.07) is -0.784. The molecule has 0 saturated heterocycles. The molecule has 19 heavy (non-hydrogen) atoms. The normalized spacial score (nSPS) is 25.1. The van der Waals surface area contributed by atoms with Gasteiger partial charge in [-0.15, -0.1) is 0 Å². The highest BCUT2D eigenvalue weighted by molar-refractivity contribution is 5.85. The van der Waals surface area contributed by atoms with Crippen molar-refractivity contribution < 1.29 is 14.7 Å². The quantitative estimate of drug-likeness (QED) is 0.679. The summed E-state index contributed by atoms with van der Waals surface area (Å²) in [5.41, 5.74) is 5.71. The van der Waals surface area contributed by atoms with E-state index in [9.17, 15) is 9.59 Å². The van der Waals surface area contributed by atoms with Gasteiger partial charge in [0, 0.05) is 5.92 Å². The Labute approximate surface area is 114 Å². The summed E-state index contributed by atoms with van der Waals surface area (Å²) in [5.74, 6) is -0.779. The van der Waals surface area contributed by atoms with Crippen molar-refractivity contribution in [2.24, 2.45) is 23.5 Å². The molecule has 3 atom stereocenters. The third-order valence-corrected chi connectivity index (χ3v) is 3.87. The molecule has 1 aliphatic rings. The number of carbonyl (C=O) groups excluding carboxylic acids is 1. The molecule has 110 valence electrons. The molecular weight excluding hydrogens is 244 g/mol. The van der Waals surface area contributed by atoms with Crippen LogP contribution in [-0.2, 0) is 9.59 Å². The minimum atomic E-state index is -0.956. The summed E-state index contributed by atoms with van der Waals surface area (Å²) >= 11 is 0. The highest BCUT2D eigenvalue weighted by Gasteiger charge is 2.32. The highest BCUT2D eigenvalue weighted by atomic mass is 16.4. The Kier molecular flexibility index (Phi) is 6.28. The van der Waals surface area contributed by atoms with Gasteiger partial charge in [0.1, 0.15) is 6.04 Å². The first-order valence-electron chi connectivity index (χ1n) is 7.19. The average molecular weight is 270 g/mol. The van der Waals surface area contributed by atoms with Crippen molar-refractivity contribution in [2.75, 3.05) is 6.54 Å². The van der Waals surface area contributed by atoms with E-state index in [0.29, 0.717) is 13.0 Å². The van der Waals surface area contributed by atoms with Crippen molar-refractivity contribution in [2.45, 2.75) is 52.0 Å². The summed E-state index contributed by atoms with van der Waals surface area (Å²) < 4.78 is 0. The molecule has 1 aliphatic carbocycles. The van der Waals surface area contributed by atoms with Gasteiger partial charge in [-0.3, -0.25) is 4.79 Å². The lowest BCUT2D eigenvalue weighted by Gasteiger charge is -2.30. The van der Waals surface area contributed by atoms with Gasteiger partial charge >= 0.3 is 5.97 Å². The zero-order chi connectivity index (χ0) is 14.4. The second-order valence-corrected chi connectivity index (χ2v) is 5.92. The van der Waals surface area contributed by atoms with Gasteiger partial charge in [-0.05, 0) is 37.6 Å². The molecule has 0 aromatic heterocycles. The van der Waals surface area contributed by atoms with Crippen LogP contribution in [-0.4, -0.2) is 29.6 Å². The molecule has 2 unspecified atom stereocenters. The summed E-state index contributed by atoms with van der Waals surface area (Å²) in [6.45, 7) is 4.40. The fraction of sp³-hybridized carbons (Fsp3) is 0.857. The van der Waals surface area contributed by atoms with Crippen LogP contribution in [0.5, 0.6) is 0 Å². The van der Waals surface area contributed by atoms with Crippen molar-refractivity contribution in [3.8, 4) is 0 Å². The van der Waals surface area contributed by atoms with Crippen LogP contribution in [0.25, 0.3) is 0 Å². The number of amides is 1. The van der Waals surface area contributed by atoms with Gasteiger partial charge in [0.2, 0.25) is 5.91 Å². The van der Waals surface area contributed by atoms with Crippen LogP contribution in [0.2, 0.25) is 0 Å². The summed E-state index contributed by atoms with van der Waals surface area (Å²) in [6.07, 6.45) is 4.38. The van der Waals surface area contributed by atoms with E-state index < -0.39 is 12.0 Å². The maximum absolute atomic E-state index is 12.2. The molecule has 0 radical (unpaired) electrons. The SMILES string of the molecule is CC(C)C[C@H](NC(=O)C1CCCCC1CN)C(=O)O. The fourth-order valence-corrected chi connectivity index (χ4v) is 2.81. The lowest BCUT2D eigenvalue weighted by Crippen LogP contribution is -2.47. The number of nitrogens with two attached hydrogens (primary N) is 1. The maximum atomic E-state index is 12.2. The first-order valence-corrected chi connectivity index (χ1v) is 7.19. The predicted octanol–water partition coefficient (Wildman–Crippen LogP) is 1.37. The number of hydrogen-bond donors (Lipinski definition) is 3. The Hall–Kier alpha value is -1.10. The minimum absolute atomic E-state index is 0.118. The van der Waals surface area contributed by atoms with Crippen LogP contribution in [0.15, 0.2) is 0 Å². The number of rotatable bonds is 6. The van der Waals surface area contributed by atoms with Crippen LogP contribution in [0.3, 0.4) is 0 Å². The Bertz CT molecular complexity index is 318. The van der Waals surface area contributed by atoms with Crippen molar-refractivity contribution in [1.29, 1.82) is 0 Å². The molecule has 0 aromatic carbocycles. The summed E-state index contributed by atoms with van der Waals surface area (Å²) in [4.78, 5) is 23.4. The van der Waals surface area contributed by atoms with E-state index in [1.807, 2.05) is 13.8 Å². The van der Waals surface area contributed by atoms with Gasteiger partial charge in [-0.25, -0.2) is 4.79 Å². The zero-order valence-electron chi connectivity index (χ0n) is 11.9.